The van der Waals surface area contributed by atoms with Crippen LogP contribution >= 0.6 is 0 Å². The fourth-order valence-electron chi connectivity index (χ4n) is 2.11. The Labute approximate surface area is 141 Å². The smallest absolute Gasteiger partial charge is 0.271 e. The largest absolute Gasteiger partial charge is 0.497 e. The number of ether oxygens (including phenoxy) is 1. The van der Waals surface area contributed by atoms with Gasteiger partial charge in [-0.1, -0.05) is 0 Å². The summed E-state index contributed by atoms with van der Waals surface area (Å²) >= 11 is 0. The molecule has 0 atom stereocenters. The molecule has 0 saturated heterocycles. The molecule has 128 valence electrons. The number of hydrogen-bond donors (Lipinski definition) is 2. The van der Waals surface area contributed by atoms with E-state index in [1.807, 2.05) is 38.1 Å². The van der Waals surface area contributed by atoms with Crippen LogP contribution in [0.5, 0.6) is 5.75 Å². The summed E-state index contributed by atoms with van der Waals surface area (Å²) in [5.74, 6) is 0.366. The predicted molar refractivity (Wildman–Crippen MR) is 90.3 cm³/mol. The highest BCUT2D eigenvalue weighted by molar-refractivity contribution is 5.92. The molecule has 7 heteroatoms. The predicted octanol–water partition coefficient (Wildman–Crippen LogP) is 1.53. The Bertz CT molecular complexity index is 692. The van der Waals surface area contributed by atoms with E-state index in [4.69, 9.17) is 4.74 Å². The van der Waals surface area contributed by atoms with Crippen molar-refractivity contribution in [2.45, 2.75) is 26.3 Å². The lowest BCUT2D eigenvalue weighted by Gasteiger charge is -2.08. The maximum atomic E-state index is 12.1. The first-order valence-electron chi connectivity index (χ1n) is 7.75. The summed E-state index contributed by atoms with van der Waals surface area (Å²) < 4.78 is 6.86. The highest BCUT2D eigenvalue weighted by Crippen LogP contribution is 2.15. The first-order chi connectivity index (χ1) is 11.5. The minimum Gasteiger partial charge on any atom is -0.497 e. The van der Waals surface area contributed by atoms with Crippen molar-refractivity contribution in [1.29, 1.82) is 0 Å². The number of amides is 2. The van der Waals surface area contributed by atoms with Gasteiger partial charge in [-0.05, 0) is 38.1 Å². The van der Waals surface area contributed by atoms with Gasteiger partial charge in [-0.25, -0.2) is 4.98 Å². The van der Waals surface area contributed by atoms with Crippen molar-refractivity contribution >= 4 is 11.8 Å². The molecule has 0 aliphatic carbocycles. The highest BCUT2D eigenvalue weighted by atomic mass is 16.5. The van der Waals surface area contributed by atoms with Crippen LogP contribution in [0.3, 0.4) is 0 Å². The molecule has 0 spiro atoms. The van der Waals surface area contributed by atoms with Gasteiger partial charge in [-0.15, -0.1) is 0 Å². The lowest BCUT2D eigenvalue weighted by Crippen LogP contribution is -2.34. The molecule has 0 radical (unpaired) electrons. The van der Waals surface area contributed by atoms with Gasteiger partial charge in [0.2, 0.25) is 5.91 Å². The minimum absolute atomic E-state index is 0.0888. The maximum absolute atomic E-state index is 12.1. The molecular formula is C17H22N4O3. The average molecular weight is 330 g/mol. The van der Waals surface area contributed by atoms with Crippen molar-refractivity contribution in [2.24, 2.45) is 0 Å². The summed E-state index contributed by atoms with van der Waals surface area (Å²) in [6, 6.07) is 7.51. The number of aromatic nitrogens is 2. The third kappa shape index (κ3) is 4.84. The molecule has 0 fully saturated rings. The molecule has 24 heavy (non-hydrogen) atoms. The van der Waals surface area contributed by atoms with Gasteiger partial charge in [-0.2, -0.15) is 0 Å². The summed E-state index contributed by atoms with van der Waals surface area (Å²) in [7, 11) is 1.61. The molecule has 0 saturated carbocycles. The van der Waals surface area contributed by atoms with Crippen molar-refractivity contribution in [3.05, 3.63) is 42.5 Å². The first-order valence-corrected chi connectivity index (χ1v) is 7.75. The number of hydrogen-bond acceptors (Lipinski definition) is 4. The lowest BCUT2D eigenvalue weighted by atomic mass is 10.3. The van der Waals surface area contributed by atoms with Crippen LogP contribution in [0.25, 0.3) is 5.69 Å². The fourth-order valence-corrected chi connectivity index (χ4v) is 2.11. The number of nitrogens with zero attached hydrogens (tertiary/aromatic N) is 2. The van der Waals surface area contributed by atoms with E-state index in [2.05, 4.69) is 15.6 Å². The molecular weight excluding hydrogens is 308 g/mol. The van der Waals surface area contributed by atoms with E-state index in [-0.39, 0.29) is 30.8 Å². The van der Waals surface area contributed by atoms with Crippen LogP contribution in [0.15, 0.2) is 36.8 Å². The Kier molecular flexibility index (Phi) is 5.95. The third-order valence-corrected chi connectivity index (χ3v) is 3.27. The van der Waals surface area contributed by atoms with Crippen LogP contribution in [0.2, 0.25) is 0 Å². The van der Waals surface area contributed by atoms with E-state index in [9.17, 15) is 9.59 Å². The van der Waals surface area contributed by atoms with E-state index in [1.165, 1.54) is 0 Å². The zero-order valence-corrected chi connectivity index (χ0v) is 14.1. The standard InChI is InChI=1S/C17H22N4O3/c1-12(2)20-16(22)8-9-18-17(23)15-10-21(11-19-15)13-4-6-14(24-3)7-5-13/h4-7,10-12H,8-9H2,1-3H3,(H,18,23)(H,20,22). The lowest BCUT2D eigenvalue weighted by molar-refractivity contribution is -0.121. The van der Waals surface area contributed by atoms with Crippen LogP contribution in [-0.2, 0) is 4.79 Å². The fraction of sp³-hybridized carbons (Fsp3) is 0.353. The number of benzene rings is 1. The number of nitrogens with one attached hydrogen (secondary N) is 2. The van der Waals surface area contributed by atoms with Crippen molar-refractivity contribution in [1.82, 2.24) is 20.2 Å². The number of carbonyl (C=O) groups excluding carboxylic acids is 2. The molecule has 2 N–H and O–H groups in total. The highest BCUT2D eigenvalue weighted by Gasteiger charge is 2.11. The zero-order chi connectivity index (χ0) is 17.5. The second-order valence-electron chi connectivity index (χ2n) is 5.59. The maximum Gasteiger partial charge on any atom is 0.271 e. The Morgan fingerprint density at radius 3 is 2.58 bits per heavy atom. The molecule has 0 aliphatic heterocycles. The Balaban J connectivity index is 1.89. The van der Waals surface area contributed by atoms with Gasteiger partial charge in [0, 0.05) is 30.9 Å². The monoisotopic (exact) mass is 330 g/mol. The summed E-state index contributed by atoms with van der Waals surface area (Å²) in [5, 5.41) is 5.46. The molecule has 2 aromatic rings. The van der Waals surface area contributed by atoms with Crippen LogP contribution < -0.4 is 15.4 Å². The third-order valence-electron chi connectivity index (χ3n) is 3.27. The van der Waals surface area contributed by atoms with Gasteiger partial charge in [0.1, 0.15) is 17.8 Å². The van der Waals surface area contributed by atoms with Crippen LogP contribution in [0.1, 0.15) is 30.8 Å². The second kappa shape index (κ2) is 8.14. The van der Waals surface area contributed by atoms with E-state index in [0.717, 1.165) is 11.4 Å². The SMILES string of the molecule is COc1ccc(-n2cnc(C(=O)NCCC(=O)NC(C)C)c2)cc1. The number of carbonyl (C=O) groups is 2. The number of rotatable bonds is 7. The van der Waals surface area contributed by atoms with Crippen molar-refractivity contribution in [3.63, 3.8) is 0 Å². The summed E-state index contributed by atoms with van der Waals surface area (Å²) in [6.07, 6.45) is 3.45. The Morgan fingerprint density at radius 2 is 1.96 bits per heavy atom. The zero-order valence-electron chi connectivity index (χ0n) is 14.1. The Hall–Kier alpha value is -2.83. The van der Waals surface area contributed by atoms with Crippen molar-refractivity contribution < 1.29 is 14.3 Å². The van der Waals surface area contributed by atoms with Crippen molar-refractivity contribution in [2.75, 3.05) is 13.7 Å². The normalized spacial score (nSPS) is 10.5. The van der Waals surface area contributed by atoms with E-state index in [1.54, 1.807) is 24.2 Å². The first kappa shape index (κ1) is 17.5. The van der Waals surface area contributed by atoms with E-state index >= 15 is 0 Å². The topological polar surface area (TPSA) is 85.2 Å². The Morgan fingerprint density at radius 1 is 1.25 bits per heavy atom. The van der Waals surface area contributed by atoms with Gasteiger partial charge >= 0.3 is 0 Å². The minimum atomic E-state index is -0.306. The molecule has 0 aliphatic rings. The molecule has 2 rings (SSSR count). The quantitative estimate of drug-likeness (QED) is 0.806. The molecule has 0 unspecified atom stereocenters. The van der Waals surface area contributed by atoms with Crippen LogP contribution in [0.4, 0.5) is 0 Å². The summed E-state index contributed by atoms with van der Waals surface area (Å²) in [5.41, 5.74) is 1.17. The summed E-state index contributed by atoms with van der Waals surface area (Å²) in [6.45, 7) is 4.05. The molecule has 1 heterocycles. The van der Waals surface area contributed by atoms with Gasteiger partial charge in [0.05, 0.1) is 7.11 Å². The molecule has 7 nitrogen and oxygen atoms in total. The summed E-state index contributed by atoms with van der Waals surface area (Å²) in [4.78, 5) is 27.7. The van der Waals surface area contributed by atoms with Crippen molar-refractivity contribution in [3.8, 4) is 11.4 Å². The van der Waals surface area contributed by atoms with Gasteiger partial charge in [0.25, 0.3) is 5.91 Å². The van der Waals surface area contributed by atoms with Crippen LogP contribution in [-0.4, -0.2) is 41.1 Å². The number of methoxy groups -OCH3 is 1. The van der Waals surface area contributed by atoms with E-state index in [0.29, 0.717) is 5.69 Å². The molecule has 2 amide bonds. The van der Waals surface area contributed by atoms with Crippen LogP contribution in [0, 0.1) is 0 Å². The molecule has 1 aromatic heterocycles. The van der Waals surface area contributed by atoms with Gasteiger partial charge in [0.15, 0.2) is 0 Å². The van der Waals surface area contributed by atoms with Gasteiger partial charge in [-0.3, -0.25) is 9.59 Å². The van der Waals surface area contributed by atoms with Gasteiger partial charge < -0.3 is 19.9 Å². The molecule has 0 bridgehead atoms. The second-order valence-corrected chi connectivity index (χ2v) is 5.59. The van der Waals surface area contributed by atoms with E-state index < -0.39 is 0 Å². The molecule has 1 aromatic carbocycles. The number of imidazole rings is 1. The average Bonchev–Trinajstić information content (AvgIpc) is 3.04.